The summed E-state index contributed by atoms with van der Waals surface area (Å²) in [6, 6.07) is 10.6. The lowest BCUT2D eigenvalue weighted by Crippen LogP contribution is -2.45. The number of ether oxygens (including phenoxy) is 2. The van der Waals surface area contributed by atoms with Crippen LogP contribution in [0.15, 0.2) is 42.5 Å². The quantitative estimate of drug-likeness (QED) is 0.487. The van der Waals surface area contributed by atoms with Gasteiger partial charge in [-0.05, 0) is 42.7 Å². The topological polar surface area (TPSA) is 114 Å². The second-order valence-electron chi connectivity index (χ2n) is 9.12. The Balaban J connectivity index is 1.33. The minimum absolute atomic E-state index is 0.0534. The summed E-state index contributed by atoms with van der Waals surface area (Å²) in [4.78, 5) is 39.4. The molecule has 1 aliphatic carbocycles. The molecule has 198 valence electrons. The van der Waals surface area contributed by atoms with E-state index in [1.54, 1.807) is 18.2 Å². The highest BCUT2D eigenvalue weighted by atomic mass is 32.2. The molecular weight excluding hydrogens is 501 g/mol. The van der Waals surface area contributed by atoms with Crippen molar-refractivity contribution in [2.75, 3.05) is 30.2 Å². The minimum atomic E-state index is -1.81. The molecule has 0 radical (unpaired) electrons. The fraction of sp³-hybridized carbons (Fsp3) is 0.423. The molecule has 9 nitrogen and oxygen atoms in total. The number of halogens is 1. The first-order valence-electron chi connectivity index (χ1n) is 12.2. The van der Waals surface area contributed by atoms with Crippen LogP contribution in [-0.2, 0) is 31.7 Å². The Morgan fingerprint density at radius 1 is 0.946 bits per heavy atom. The highest BCUT2D eigenvalue weighted by Gasteiger charge is 2.23. The molecule has 2 N–H and O–H groups in total. The number of anilines is 1. The van der Waals surface area contributed by atoms with Gasteiger partial charge in [0.15, 0.2) is 11.5 Å². The van der Waals surface area contributed by atoms with Gasteiger partial charge in [0.25, 0.3) is 0 Å². The molecule has 0 spiro atoms. The third-order valence-corrected chi connectivity index (χ3v) is 7.33. The van der Waals surface area contributed by atoms with Crippen molar-refractivity contribution in [3.8, 4) is 11.5 Å². The fourth-order valence-corrected chi connectivity index (χ4v) is 5.26. The predicted molar refractivity (Wildman–Crippen MR) is 136 cm³/mol. The van der Waals surface area contributed by atoms with Gasteiger partial charge in [-0.1, -0.05) is 31.4 Å². The van der Waals surface area contributed by atoms with E-state index in [0.29, 0.717) is 22.7 Å². The highest BCUT2D eigenvalue weighted by molar-refractivity contribution is 7.86. The van der Waals surface area contributed by atoms with Gasteiger partial charge in [0.1, 0.15) is 17.3 Å². The van der Waals surface area contributed by atoms with Crippen molar-refractivity contribution in [3.63, 3.8) is 0 Å². The monoisotopic (exact) mass is 531 g/mol. The van der Waals surface area contributed by atoms with Gasteiger partial charge < -0.3 is 25.0 Å². The van der Waals surface area contributed by atoms with Crippen LogP contribution in [0.1, 0.15) is 37.7 Å². The molecule has 2 aliphatic rings. The standard InChI is InChI=1S/C26H30FN3O6S/c27-19-8-6-18(7-9-19)13-30(14-24(31)28-20-4-2-1-3-5-20)26(33)16-37(34)15-25(32)29-21-10-11-22-23(12-21)36-17-35-22/h6-12,20H,1-5,13-17H2,(H,28,31)(H,29,32). The van der Waals surface area contributed by atoms with Crippen LogP contribution in [0.4, 0.5) is 10.1 Å². The van der Waals surface area contributed by atoms with Crippen LogP contribution in [0.2, 0.25) is 0 Å². The third kappa shape index (κ3) is 8.01. The van der Waals surface area contributed by atoms with Crippen molar-refractivity contribution in [2.45, 2.75) is 44.7 Å². The van der Waals surface area contributed by atoms with Gasteiger partial charge in [-0.3, -0.25) is 18.6 Å². The summed E-state index contributed by atoms with van der Waals surface area (Å²) in [6.07, 6.45) is 5.06. The first-order chi connectivity index (χ1) is 17.9. The number of carbonyl (C=O) groups excluding carboxylic acids is 3. The second-order valence-corrected chi connectivity index (χ2v) is 10.6. The summed E-state index contributed by atoms with van der Waals surface area (Å²) in [7, 11) is -1.81. The Hall–Kier alpha value is -3.47. The molecule has 2 aromatic rings. The van der Waals surface area contributed by atoms with E-state index >= 15 is 0 Å². The average Bonchev–Trinajstić information content (AvgIpc) is 3.33. The molecule has 1 aliphatic heterocycles. The van der Waals surface area contributed by atoms with Crippen LogP contribution in [-0.4, -0.2) is 57.7 Å². The van der Waals surface area contributed by atoms with E-state index in [2.05, 4.69) is 10.6 Å². The van der Waals surface area contributed by atoms with Gasteiger partial charge in [-0.15, -0.1) is 0 Å². The molecule has 37 heavy (non-hydrogen) atoms. The molecule has 3 amide bonds. The van der Waals surface area contributed by atoms with Crippen molar-refractivity contribution >= 4 is 34.2 Å². The lowest BCUT2D eigenvalue weighted by Gasteiger charge is -2.26. The molecule has 0 bridgehead atoms. The van der Waals surface area contributed by atoms with Gasteiger partial charge in [-0.25, -0.2) is 4.39 Å². The first-order valence-corrected chi connectivity index (χ1v) is 13.7. The number of nitrogens with one attached hydrogen (secondary N) is 2. The number of benzene rings is 2. The maximum atomic E-state index is 13.3. The van der Waals surface area contributed by atoms with Gasteiger partial charge in [0, 0.05) is 35.1 Å². The molecule has 0 aromatic heterocycles. The smallest absolute Gasteiger partial charge is 0.239 e. The van der Waals surface area contributed by atoms with E-state index < -0.39 is 39.9 Å². The molecule has 1 fully saturated rings. The van der Waals surface area contributed by atoms with Crippen molar-refractivity contribution in [1.82, 2.24) is 10.2 Å². The van der Waals surface area contributed by atoms with Gasteiger partial charge >= 0.3 is 0 Å². The number of amides is 3. The van der Waals surface area contributed by atoms with E-state index in [1.807, 2.05) is 0 Å². The molecule has 11 heteroatoms. The van der Waals surface area contributed by atoms with E-state index in [1.165, 1.54) is 29.2 Å². The highest BCUT2D eigenvalue weighted by Crippen LogP contribution is 2.34. The van der Waals surface area contributed by atoms with Crippen LogP contribution in [0.3, 0.4) is 0 Å². The van der Waals surface area contributed by atoms with Crippen molar-refractivity contribution in [3.05, 3.63) is 53.8 Å². The Bertz CT molecular complexity index is 1150. The molecular formula is C26H30FN3O6S. The maximum Gasteiger partial charge on any atom is 0.239 e. The van der Waals surface area contributed by atoms with E-state index in [-0.39, 0.29) is 31.8 Å². The molecule has 1 atom stereocenters. The van der Waals surface area contributed by atoms with E-state index in [4.69, 9.17) is 9.47 Å². The van der Waals surface area contributed by atoms with E-state index in [0.717, 1.165) is 32.1 Å². The number of rotatable bonds is 10. The largest absolute Gasteiger partial charge is 0.454 e. The van der Waals surface area contributed by atoms with Crippen LogP contribution >= 0.6 is 0 Å². The summed E-state index contributed by atoms with van der Waals surface area (Å²) in [5.41, 5.74) is 1.08. The lowest BCUT2D eigenvalue weighted by molar-refractivity contribution is -0.135. The number of hydrogen-bond donors (Lipinski definition) is 2. The van der Waals surface area contributed by atoms with Crippen molar-refractivity contribution < 1.29 is 32.5 Å². The average molecular weight is 532 g/mol. The number of nitrogens with zero attached hydrogens (tertiary/aromatic N) is 1. The number of fused-ring (bicyclic) bond motifs is 1. The Morgan fingerprint density at radius 2 is 1.68 bits per heavy atom. The Morgan fingerprint density at radius 3 is 2.43 bits per heavy atom. The Kier molecular flexibility index (Phi) is 9.10. The fourth-order valence-electron chi connectivity index (χ4n) is 4.33. The normalized spacial score (nSPS) is 15.6. The van der Waals surface area contributed by atoms with Crippen LogP contribution in [0.25, 0.3) is 0 Å². The first kappa shape index (κ1) is 26.6. The zero-order valence-electron chi connectivity index (χ0n) is 20.4. The van der Waals surface area contributed by atoms with Crippen molar-refractivity contribution in [2.24, 2.45) is 0 Å². The van der Waals surface area contributed by atoms with Crippen LogP contribution in [0.5, 0.6) is 11.5 Å². The SMILES string of the molecule is O=C(CS(=O)CC(=O)N(CC(=O)NC1CCCCC1)Cc1ccc(F)cc1)Nc1ccc2c(c1)OCO2. The van der Waals surface area contributed by atoms with Crippen LogP contribution in [0, 0.1) is 5.82 Å². The summed E-state index contributed by atoms with van der Waals surface area (Å²) >= 11 is 0. The van der Waals surface area contributed by atoms with Gasteiger partial charge in [0.05, 0.1) is 6.54 Å². The van der Waals surface area contributed by atoms with Gasteiger partial charge in [0.2, 0.25) is 24.5 Å². The van der Waals surface area contributed by atoms with Gasteiger partial charge in [-0.2, -0.15) is 0 Å². The molecule has 1 saturated carbocycles. The van der Waals surface area contributed by atoms with E-state index in [9.17, 15) is 23.0 Å². The summed E-state index contributed by atoms with van der Waals surface area (Å²) in [6.45, 7) is -0.0585. The summed E-state index contributed by atoms with van der Waals surface area (Å²) < 4.78 is 36.5. The zero-order chi connectivity index (χ0) is 26.2. The lowest BCUT2D eigenvalue weighted by atomic mass is 9.95. The molecule has 0 saturated heterocycles. The summed E-state index contributed by atoms with van der Waals surface area (Å²) in [5, 5.41) is 5.61. The number of hydrogen-bond acceptors (Lipinski definition) is 6. The molecule has 1 unspecified atom stereocenters. The molecule has 4 rings (SSSR count). The third-order valence-electron chi connectivity index (χ3n) is 6.18. The Labute approximate surface area is 217 Å². The predicted octanol–water partition coefficient (Wildman–Crippen LogP) is 2.72. The van der Waals surface area contributed by atoms with Crippen molar-refractivity contribution in [1.29, 1.82) is 0 Å². The summed E-state index contributed by atoms with van der Waals surface area (Å²) in [5.74, 6) is -1.51. The number of carbonyl (C=O) groups is 3. The molecule has 2 aromatic carbocycles. The maximum absolute atomic E-state index is 13.3. The molecule has 1 heterocycles. The van der Waals surface area contributed by atoms with Crippen LogP contribution < -0.4 is 20.1 Å². The zero-order valence-corrected chi connectivity index (χ0v) is 21.2. The second kappa shape index (κ2) is 12.7. The minimum Gasteiger partial charge on any atom is -0.454 e.